The fraction of sp³-hybridized carbons (Fsp3) is 0.429. The normalized spacial score (nSPS) is 12.7. The van der Waals surface area contributed by atoms with Crippen molar-refractivity contribution in [2.24, 2.45) is 0 Å². The third-order valence-corrected chi connectivity index (χ3v) is 2.99. The van der Waals surface area contributed by atoms with Crippen molar-refractivity contribution in [2.45, 2.75) is 13.8 Å². The summed E-state index contributed by atoms with van der Waals surface area (Å²) in [5.74, 6) is 0.935. The lowest BCUT2D eigenvalue weighted by atomic mass is 10.2. The maximum Gasteiger partial charge on any atom is 0.243 e. The monoisotopic (exact) mass is 278 g/mol. The van der Waals surface area contributed by atoms with Crippen LogP contribution in [0, 0.1) is 0 Å². The van der Waals surface area contributed by atoms with Gasteiger partial charge in [-0.1, -0.05) is 0 Å². The summed E-state index contributed by atoms with van der Waals surface area (Å²) < 4.78 is 10.9. The molecule has 0 aliphatic carbocycles. The maximum absolute atomic E-state index is 11.9. The minimum atomic E-state index is -0.237. The van der Waals surface area contributed by atoms with Gasteiger partial charge in [-0.15, -0.1) is 0 Å². The van der Waals surface area contributed by atoms with E-state index in [-0.39, 0.29) is 18.4 Å². The fourth-order valence-corrected chi connectivity index (χ4v) is 1.94. The van der Waals surface area contributed by atoms with Gasteiger partial charge < -0.3 is 19.7 Å². The first-order chi connectivity index (χ1) is 9.60. The van der Waals surface area contributed by atoms with E-state index in [0.29, 0.717) is 36.9 Å². The summed E-state index contributed by atoms with van der Waals surface area (Å²) in [6.07, 6.45) is 0. The Hall–Kier alpha value is -2.24. The predicted molar refractivity (Wildman–Crippen MR) is 74.0 cm³/mol. The number of carbonyl (C=O) groups excluding carboxylic acids is 2. The zero-order valence-corrected chi connectivity index (χ0v) is 11.6. The molecule has 0 saturated carbocycles. The molecule has 1 aliphatic rings. The van der Waals surface area contributed by atoms with E-state index in [1.54, 1.807) is 18.2 Å². The molecular formula is C14H18N2O4. The summed E-state index contributed by atoms with van der Waals surface area (Å²) in [5, 5.41) is 2.74. The van der Waals surface area contributed by atoms with Crippen LogP contribution < -0.4 is 14.8 Å². The molecule has 20 heavy (non-hydrogen) atoms. The third-order valence-electron chi connectivity index (χ3n) is 2.99. The van der Waals surface area contributed by atoms with Crippen LogP contribution in [-0.4, -0.2) is 43.0 Å². The van der Waals surface area contributed by atoms with Crippen molar-refractivity contribution in [3.8, 4) is 11.5 Å². The number of amides is 2. The van der Waals surface area contributed by atoms with E-state index >= 15 is 0 Å². The summed E-state index contributed by atoms with van der Waals surface area (Å²) in [6.45, 7) is 4.85. The molecule has 6 nitrogen and oxygen atoms in total. The lowest BCUT2D eigenvalue weighted by Gasteiger charge is -2.20. The number of hydrogen-bond donors (Lipinski definition) is 1. The molecule has 0 fully saturated rings. The van der Waals surface area contributed by atoms with E-state index in [4.69, 9.17) is 9.47 Å². The first-order valence-corrected chi connectivity index (χ1v) is 6.55. The molecule has 0 aromatic heterocycles. The summed E-state index contributed by atoms with van der Waals surface area (Å²) in [7, 11) is 0. The number of benzene rings is 1. The van der Waals surface area contributed by atoms with Crippen LogP contribution in [0.2, 0.25) is 0 Å². The van der Waals surface area contributed by atoms with E-state index < -0.39 is 0 Å². The molecule has 2 rings (SSSR count). The van der Waals surface area contributed by atoms with Crippen molar-refractivity contribution in [3.05, 3.63) is 18.2 Å². The zero-order chi connectivity index (χ0) is 14.5. The molecule has 1 aromatic rings. The molecule has 6 heteroatoms. The van der Waals surface area contributed by atoms with E-state index in [2.05, 4.69) is 5.32 Å². The quantitative estimate of drug-likeness (QED) is 0.900. The van der Waals surface area contributed by atoms with Crippen molar-refractivity contribution in [1.29, 1.82) is 0 Å². The number of nitrogens with zero attached hydrogens (tertiary/aromatic N) is 1. The van der Waals surface area contributed by atoms with E-state index in [1.165, 1.54) is 11.8 Å². The van der Waals surface area contributed by atoms with Gasteiger partial charge in [0, 0.05) is 25.2 Å². The van der Waals surface area contributed by atoms with Crippen molar-refractivity contribution < 1.29 is 19.1 Å². The standard InChI is InChI=1S/C14H18N2O4/c1-3-16(10(2)17)9-14(18)15-11-4-5-12-13(8-11)20-7-6-19-12/h4-5,8H,3,6-7,9H2,1-2H3,(H,15,18). The van der Waals surface area contributed by atoms with Gasteiger partial charge in [-0.3, -0.25) is 9.59 Å². The van der Waals surface area contributed by atoms with Gasteiger partial charge in [0.25, 0.3) is 0 Å². The Morgan fingerprint density at radius 3 is 2.60 bits per heavy atom. The summed E-state index contributed by atoms with van der Waals surface area (Å²) in [5.41, 5.74) is 0.624. The van der Waals surface area contributed by atoms with Crippen molar-refractivity contribution >= 4 is 17.5 Å². The minimum Gasteiger partial charge on any atom is -0.486 e. The number of anilines is 1. The average molecular weight is 278 g/mol. The summed E-state index contributed by atoms with van der Waals surface area (Å²) in [6, 6.07) is 5.22. The number of hydrogen-bond acceptors (Lipinski definition) is 4. The van der Waals surface area contributed by atoms with Gasteiger partial charge in [-0.05, 0) is 19.1 Å². The van der Waals surface area contributed by atoms with Gasteiger partial charge in [0.2, 0.25) is 11.8 Å². The van der Waals surface area contributed by atoms with Gasteiger partial charge >= 0.3 is 0 Å². The lowest BCUT2D eigenvalue weighted by Crippen LogP contribution is -2.36. The number of fused-ring (bicyclic) bond motifs is 1. The first-order valence-electron chi connectivity index (χ1n) is 6.55. The zero-order valence-electron chi connectivity index (χ0n) is 11.6. The Labute approximate surface area is 117 Å². The highest BCUT2D eigenvalue weighted by Crippen LogP contribution is 2.32. The highest BCUT2D eigenvalue weighted by atomic mass is 16.6. The van der Waals surface area contributed by atoms with Crippen molar-refractivity contribution in [1.82, 2.24) is 4.90 Å². The molecular weight excluding hydrogens is 260 g/mol. The lowest BCUT2D eigenvalue weighted by molar-refractivity contribution is -0.132. The van der Waals surface area contributed by atoms with Gasteiger partial charge in [0.1, 0.15) is 13.2 Å². The average Bonchev–Trinajstić information content (AvgIpc) is 2.44. The molecule has 0 unspecified atom stereocenters. The molecule has 1 aromatic carbocycles. The number of likely N-dealkylation sites (N-methyl/N-ethyl adjacent to an activating group) is 1. The Morgan fingerprint density at radius 2 is 1.95 bits per heavy atom. The molecule has 0 radical (unpaired) electrons. The number of ether oxygens (including phenoxy) is 2. The highest BCUT2D eigenvalue weighted by molar-refractivity contribution is 5.94. The molecule has 0 spiro atoms. The SMILES string of the molecule is CCN(CC(=O)Nc1ccc2c(c1)OCCO2)C(C)=O. The van der Waals surface area contributed by atoms with Gasteiger partial charge in [-0.25, -0.2) is 0 Å². The number of nitrogens with one attached hydrogen (secondary N) is 1. The second-order valence-corrected chi connectivity index (χ2v) is 4.44. The number of carbonyl (C=O) groups is 2. The molecule has 1 N–H and O–H groups in total. The Kier molecular flexibility index (Phi) is 4.45. The summed E-state index contributed by atoms with van der Waals surface area (Å²) >= 11 is 0. The molecule has 0 bridgehead atoms. The third kappa shape index (κ3) is 3.40. The predicted octanol–water partition coefficient (Wildman–Crippen LogP) is 1.26. The van der Waals surface area contributed by atoms with E-state index in [1.807, 2.05) is 6.92 Å². The second-order valence-electron chi connectivity index (χ2n) is 4.44. The van der Waals surface area contributed by atoms with E-state index in [0.717, 1.165) is 0 Å². The topological polar surface area (TPSA) is 67.9 Å². The molecule has 0 atom stereocenters. The fourth-order valence-electron chi connectivity index (χ4n) is 1.94. The molecule has 1 aliphatic heterocycles. The second kappa shape index (κ2) is 6.27. The van der Waals surface area contributed by atoms with Crippen LogP contribution in [0.4, 0.5) is 5.69 Å². The molecule has 2 amide bonds. The first kappa shape index (κ1) is 14.2. The van der Waals surface area contributed by atoms with Crippen molar-refractivity contribution in [3.63, 3.8) is 0 Å². The Morgan fingerprint density at radius 1 is 1.25 bits per heavy atom. The van der Waals surface area contributed by atoms with Crippen LogP contribution in [0.5, 0.6) is 11.5 Å². The molecule has 1 heterocycles. The van der Waals surface area contributed by atoms with Crippen LogP contribution in [0.1, 0.15) is 13.8 Å². The van der Waals surface area contributed by atoms with E-state index in [9.17, 15) is 9.59 Å². The maximum atomic E-state index is 11.9. The van der Waals surface area contributed by atoms with Crippen LogP contribution in [0.15, 0.2) is 18.2 Å². The summed E-state index contributed by atoms with van der Waals surface area (Å²) in [4.78, 5) is 24.6. The van der Waals surface area contributed by atoms with Crippen LogP contribution in [-0.2, 0) is 9.59 Å². The van der Waals surface area contributed by atoms with Gasteiger partial charge in [-0.2, -0.15) is 0 Å². The minimum absolute atomic E-state index is 0.0419. The Balaban J connectivity index is 1.99. The van der Waals surface area contributed by atoms with Crippen LogP contribution >= 0.6 is 0 Å². The largest absolute Gasteiger partial charge is 0.486 e. The molecule has 0 saturated heterocycles. The molecule has 108 valence electrons. The van der Waals surface area contributed by atoms with Gasteiger partial charge in [0.05, 0.1) is 6.54 Å². The Bertz CT molecular complexity index is 516. The van der Waals surface area contributed by atoms with Crippen molar-refractivity contribution in [2.75, 3.05) is 31.6 Å². The number of rotatable bonds is 4. The van der Waals surface area contributed by atoms with Crippen LogP contribution in [0.3, 0.4) is 0 Å². The van der Waals surface area contributed by atoms with Gasteiger partial charge in [0.15, 0.2) is 11.5 Å². The van der Waals surface area contributed by atoms with Crippen LogP contribution in [0.25, 0.3) is 0 Å². The smallest absolute Gasteiger partial charge is 0.243 e. The highest BCUT2D eigenvalue weighted by Gasteiger charge is 2.14.